The first-order chi connectivity index (χ1) is 9.02. The lowest BCUT2D eigenvalue weighted by Crippen LogP contribution is -2.30. The molecule has 0 aromatic carbocycles. The molecule has 0 amide bonds. The first-order valence-corrected chi connectivity index (χ1v) is 8.28. The zero-order valence-electron chi connectivity index (χ0n) is 12.9. The summed E-state index contributed by atoms with van der Waals surface area (Å²) in [6.07, 6.45) is 5.54. The monoisotopic (exact) mass is 329 g/mol. The molecule has 0 aliphatic rings. The molecular formula is C15H28BrN3. The smallest absolute Gasteiger partial charge is 0.0701 e. The normalized spacial score (nSPS) is 14.9. The maximum absolute atomic E-state index is 4.52. The van der Waals surface area contributed by atoms with Crippen molar-refractivity contribution in [2.24, 2.45) is 5.92 Å². The SMILES string of the molecule is CCCNC(c1c(Br)cnn1C(C)C)C(C)CCC. The van der Waals surface area contributed by atoms with E-state index in [1.54, 1.807) is 0 Å². The van der Waals surface area contributed by atoms with Gasteiger partial charge in [0.15, 0.2) is 0 Å². The Hall–Kier alpha value is -0.350. The molecule has 1 N–H and O–H groups in total. The van der Waals surface area contributed by atoms with E-state index in [1.165, 1.54) is 18.5 Å². The second kappa shape index (κ2) is 8.05. The molecule has 0 aliphatic heterocycles. The molecule has 1 aromatic rings. The van der Waals surface area contributed by atoms with Gasteiger partial charge in [-0.3, -0.25) is 4.68 Å². The predicted molar refractivity (Wildman–Crippen MR) is 85.4 cm³/mol. The topological polar surface area (TPSA) is 29.9 Å². The number of nitrogens with zero attached hydrogens (tertiary/aromatic N) is 2. The van der Waals surface area contributed by atoms with Crippen LogP contribution in [0.3, 0.4) is 0 Å². The summed E-state index contributed by atoms with van der Waals surface area (Å²) in [6.45, 7) is 12.2. The second-order valence-electron chi connectivity index (χ2n) is 5.61. The van der Waals surface area contributed by atoms with E-state index < -0.39 is 0 Å². The van der Waals surface area contributed by atoms with Crippen molar-refractivity contribution in [2.75, 3.05) is 6.54 Å². The van der Waals surface area contributed by atoms with Crippen LogP contribution in [0.4, 0.5) is 0 Å². The Kier molecular flexibility index (Phi) is 7.08. The number of aromatic nitrogens is 2. The van der Waals surface area contributed by atoms with E-state index in [2.05, 4.69) is 65.6 Å². The van der Waals surface area contributed by atoms with Crippen molar-refractivity contribution in [1.29, 1.82) is 0 Å². The van der Waals surface area contributed by atoms with Crippen LogP contribution >= 0.6 is 15.9 Å². The van der Waals surface area contributed by atoms with Gasteiger partial charge < -0.3 is 5.32 Å². The minimum absolute atomic E-state index is 0.374. The van der Waals surface area contributed by atoms with E-state index in [4.69, 9.17) is 0 Å². The second-order valence-corrected chi connectivity index (χ2v) is 6.47. The molecule has 0 saturated heterocycles. The molecule has 2 atom stereocenters. The molecule has 1 aromatic heterocycles. The van der Waals surface area contributed by atoms with Crippen molar-refractivity contribution in [3.63, 3.8) is 0 Å². The molecule has 19 heavy (non-hydrogen) atoms. The van der Waals surface area contributed by atoms with Gasteiger partial charge in [-0.25, -0.2) is 0 Å². The Bertz CT molecular complexity index is 373. The Morgan fingerprint density at radius 3 is 2.47 bits per heavy atom. The summed E-state index contributed by atoms with van der Waals surface area (Å²) >= 11 is 3.67. The third kappa shape index (κ3) is 4.32. The van der Waals surface area contributed by atoms with Gasteiger partial charge in [-0.15, -0.1) is 0 Å². The zero-order valence-corrected chi connectivity index (χ0v) is 14.5. The quantitative estimate of drug-likeness (QED) is 0.748. The average Bonchev–Trinajstić information content (AvgIpc) is 2.73. The first-order valence-electron chi connectivity index (χ1n) is 7.49. The van der Waals surface area contributed by atoms with Crippen molar-refractivity contribution in [2.45, 2.75) is 66.0 Å². The molecule has 4 heteroatoms. The molecule has 3 nitrogen and oxygen atoms in total. The largest absolute Gasteiger partial charge is 0.308 e. The van der Waals surface area contributed by atoms with Gasteiger partial charge in [-0.05, 0) is 55.1 Å². The van der Waals surface area contributed by atoms with Crippen molar-refractivity contribution >= 4 is 15.9 Å². The zero-order chi connectivity index (χ0) is 14.4. The summed E-state index contributed by atoms with van der Waals surface area (Å²) in [7, 11) is 0. The van der Waals surface area contributed by atoms with E-state index in [-0.39, 0.29) is 0 Å². The molecule has 1 heterocycles. The fourth-order valence-corrected chi connectivity index (χ4v) is 3.06. The van der Waals surface area contributed by atoms with Crippen molar-refractivity contribution in [1.82, 2.24) is 15.1 Å². The Labute approximate surface area is 126 Å². The van der Waals surface area contributed by atoms with Crippen LogP contribution in [0.2, 0.25) is 0 Å². The van der Waals surface area contributed by atoms with Crippen LogP contribution in [0, 0.1) is 5.92 Å². The number of hydrogen-bond donors (Lipinski definition) is 1. The maximum Gasteiger partial charge on any atom is 0.0701 e. The standard InChI is InChI=1S/C15H28BrN3/c1-6-8-12(5)14(17-9-7-2)15-13(16)10-18-19(15)11(3)4/h10-12,14,17H,6-9H2,1-5H3. The predicted octanol–water partition coefficient (Wildman–Crippen LogP) is 4.70. The van der Waals surface area contributed by atoms with Gasteiger partial charge in [0.1, 0.15) is 0 Å². The van der Waals surface area contributed by atoms with Crippen LogP contribution in [0.5, 0.6) is 0 Å². The Morgan fingerprint density at radius 2 is 1.95 bits per heavy atom. The lowest BCUT2D eigenvalue weighted by molar-refractivity contribution is 0.333. The lowest BCUT2D eigenvalue weighted by Gasteiger charge is -2.27. The summed E-state index contributed by atoms with van der Waals surface area (Å²) in [4.78, 5) is 0. The van der Waals surface area contributed by atoms with Gasteiger partial charge in [0.25, 0.3) is 0 Å². The molecular weight excluding hydrogens is 302 g/mol. The summed E-state index contributed by atoms with van der Waals surface area (Å²) < 4.78 is 3.27. The van der Waals surface area contributed by atoms with Gasteiger partial charge in [-0.2, -0.15) is 5.10 Å². The number of nitrogens with one attached hydrogen (secondary N) is 1. The fraction of sp³-hybridized carbons (Fsp3) is 0.800. The molecule has 0 saturated carbocycles. The molecule has 0 aliphatic carbocycles. The summed E-state index contributed by atoms with van der Waals surface area (Å²) in [5, 5.41) is 8.22. The van der Waals surface area contributed by atoms with E-state index >= 15 is 0 Å². The van der Waals surface area contributed by atoms with Crippen molar-refractivity contribution < 1.29 is 0 Å². The fourth-order valence-electron chi connectivity index (χ4n) is 2.54. The molecule has 0 fully saturated rings. The molecule has 0 radical (unpaired) electrons. The van der Waals surface area contributed by atoms with E-state index in [1.807, 2.05) is 6.20 Å². The summed E-state index contributed by atoms with van der Waals surface area (Å²) in [5.41, 5.74) is 1.30. The van der Waals surface area contributed by atoms with Crippen LogP contribution in [0.15, 0.2) is 10.7 Å². The van der Waals surface area contributed by atoms with E-state index in [9.17, 15) is 0 Å². The summed E-state index contributed by atoms with van der Waals surface area (Å²) in [6, 6.07) is 0.764. The van der Waals surface area contributed by atoms with Crippen molar-refractivity contribution in [3.8, 4) is 0 Å². The molecule has 2 unspecified atom stereocenters. The molecule has 0 spiro atoms. The molecule has 110 valence electrons. The number of hydrogen-bond acceptors (Lipinski definition) is 2. The average molecular weight is 330 g/mol. The third-order valence-corrected chi connectivity index (χ3v) is 4.11. The highest BCUT2D eigenvalue weighted by Gasteiger charge is 2.25. The molecule has 0 bridgehead atoms. The Morgan fingerprint density at radius 1 is 1.26 bits per heavy atom. The van der Waals surface area contributed by atoms with Crippen molar-refractivity contribution in [3.05, 3.63) is 16.4 Å². The summed E-state index contributed by atoms with van der Waals surface area (Å²) in [5.74, 6) is 0.613. The van der Waals surface area contributed by atoms with Crippen LogP contribution in [0.25, 0.3) is 0 Å². The van der Waals surface area contributed by atoms with Crippen LogP contribution in [-0.2, 0) is 0 Å². The van der Waals surface area contributed by atoms with Crippen LogP contribution in [0.1, 0.15) is 71.7 Å². The third-order valence-electron chi connectivity index (χ3n) is 3.50. The molecule has 1 rings (SSSR count). The van der Waals surface area contributed by atoms with Gasteiger partial charge in [0.2, 0.25) is 0 Å². The maximum atomic E-state index is 4.52. The highest BCUT2D eigenvalue weighted by atomic mass is 79.9. The van der Waals surface area contributed by atoms with Gasteiger partial charge in [0, 0.05) is 6.04 Å². The van der Waals surface area contributed by atoms with Crippen LogP contribution < -0.4 is 5.32 Å². The lowest BCUT2D eigenvalue weighted by atomic mass is 9.94. The van der Waals surface area contributed by atoms with Gasteiger partial charge in [0.05, 0.1) is 22.4 Å². The van der Waals surface area contributed by atoms with Gasteiger partial charge >= 0.3 is 0 Å². The minimum atomic E-state index is 0.374. The van der Waals surface area contributed by atoms with Gasteiger partial charge in [-0.1, -0.05) is 27.2 Å². The number of halogens is 1. The van der Waals surface area contributed by atoms with Crippen LogP contribution in [-0.4, -0.2) is 16.3 Å². The highest BCUT2D eigenvalue weighted by molar-refractivity contribution is 9.10. The van der Waals surface area contributed by atoms with E-state index in [0.29, 0.717) is 18.0 Å². The highest BCUT2D eigenvalue weighted by Crippen LogP contribution is 2.32. The first kappa shape index (κ1) is 16.7. The van der Waals surface area contributed by atoms with E-state index in [0.717, 1.165) is 17.4 Å². The minimum Gasteiger partial charge on any atom is -0.308 e. The Balaban J connectivity index is 3.05. The number of rotatable bonds is 8.